The fourth-order valence-corrected chi connectivity index (χ4v) is 1.43. The van der Waals surface area contributed by atoms with Crippen LogP contribution in [0.2, 0.25) is 0 Å². The molecular formula is C11H26N2O. The van der Waals surface area contributed by atoms with Crippen LogP contribution in [0.25, 0.3) is 0 Å². The lowest BCUT2D eigenvalue weighted by Gasteiger charge is -2.23. The van der Waals surface area contributed by atoms with Gasteiger partial charge in [-0.2, -0.15) is 0 Å². The first kappa shape index (κ1) is 13.9. The average Bonchev–Trinajstić information content (AvgIpc) is 2.12. The van der Waals surface area contributed by atoms with E-state index >= 15 is 0 Å². The topological polar surface area (TPSA) is 38.5 Å². The van der Waals surface area contributed by atoms with E-state index in [1.54, 1.807) is 0 Å². The molecule has 0 fully saturated rings. The van der Waals surface area contributed by atoms with Gasteiger partial charge in [0.2, 0.25) is 0 Å². The van der Waals surface area contributed by atoms with E-state index in [2.05, 4.69) is 25.7 Å². The molecule has 0 saturated heterocycles. The Morgan fingerprint density at radius 1 is 1.21 bits per heavy atom. The van der Waals surface area contributed by atoms with Crippen molar-refractivity contribution in [2.45, 2.75) is 27.2 Å². The Bertz CT molecular complexity index is 118. The highest BCUT2D eigenvalue weighted by molar-refractivity contribution is 4.60. The van der Waals surface area contributed by atoms with Crippen molar-refractivity contribution in [2.24, 2.45) is 11.7 Å². The number of nitrogens with zero attached hydrogens (tertiary/aromatic N) is 1. The van der Waals surface area contributed by atoms with E-state index in [-0.39, 0.29) is 0 Å². The van der Waals surface area contributed by atoms with Gasteiger partial charge in [-0.1, -0.05) is 20.8 Å². The van der Waals surface area contributed by atoms with Crippen LogP contribution >= 0.6 is 0 Å². The van der Waals surface area contributed by atoms with Crippen LogP contribution in [0, 0.1) is 5.92 Å². The largest absolute Gasteiger partial charge is 0.380 e. The maximum Gasteiger partial charge on any atom is 0.0593 e. The van der Waals surface area contributed by atoms with Crippen molar-refractivity contribution in [3.8, 4) is 0 Å². The standard InChI is InChI=1S/C11H26N2O/c1-4-8-14-9-7-13(6-5-12)10-11(2)3/h11H,4-10,12H2,1-3H3. The molecule has 3 nitrogen and oxygen atoms in total. The molecule has 0 heterocycles. The van der Waals surface area contributed by atoms with Gasteiger partial charge < -0.3 is 10.5 Å². The van der Waals surface area contributed by atoms with E-state index in [1.165, 1.54) is 0 Å². The summed E-state index contributed by atoms with van der Waals surface area (Å²) < 4.78 is 5.46. The van der Waals surface area contributed by atoms with Crippen molar-refractivity contribution in [2.75, 3.05) is 39.4 Å². The number of hydrogen-bond donors (Lipinski definition) is 1. The summed E-state index contributed by atoms with van der Waals surface area (Å²) >= 11 is 0. The maximum atomic E-state index is 5.55. The Hall–Kier alpha value is -0.120. The second-order valence-electron chi connectivity index (χ2n) is 4.10. The normalized spacial score (nSPS) is 11.6. The molecule has 0 aliphatic heterocycles. The van der Waals surface area contributed by atoms with Gasteiger partial charge in [-0.3, -0.25) is 4.90 Å². The molecule has 0 aliphatic rings. The molecule has 0 unspecified atom stereocenters. The van der Waals surface area contributed by atoms with E-state index < -0.39 is 0 Å². The zero-order chi connectivity index (χ0) is 10.8. The van der Waals surface area contributed by atoms with Crippen LogP contribution in [-0.2, 0) is 4.74 Å². The van der Waals surface area contributed by atoms with Crippen molar-refractivity contribution in [1.29, 1.82) is 0 Å². The Balaban J connectivity index is 3.51. The fraction of sp³-hybridized carbons (Fsp3) is 1.00. The fourth-order valence-electron chi connectivity index (χ4n) is 1.43. The third kappa shape index (κ3) is 8.48. The average molecular weight is 202 g/mol. The van der Waals surface area contributed by atoms with Gasteiger partial charge in [0, 0.05) is 32.8 Å². The first-order valence-electron chi connectivity index (χ1n) is 5.70. The molecule has 2 N–H and O–H groups in total. The number of nitrogens with two attached hydrogens (primary N) is 1. The van der Waals surface area contributed by atoms with Crippen LogP contribution in [0.3, 0.4) is 0 Å². The Kier molecular flexibility index (Phi) is 9.35. The first-order chi connectivity index (χ1) is 6.70. The highest BCUT2D eigenvalue weighted by Gasteiger charge is 2.05. The van der Waals surface area contributed by atoms with Crippen molar-refractivity contribution >= 4 is 0 Å². The molecule has 86 valence electrons. The molecule has 0 aliphatic carbocycles. The van der Waals surface area contributed by atoms with Gasteiger partial charge in [0.25, 0.3) is 0 Å². The van der Waals surface area contributed by atoms with Crippen molar-refractivity contribution in [1.82, 2.24) is 4.90 Å². The predicted molar refractivity (Wildman–Crippen MR) is 61.4 cm³/mol. The third-order valence-corrected chi connectivity index (χ3v) is 1.97. The lowest BCUT2D eigenvalue weighted by Crippen LogP contribution is -2.35. The Morgan fingerprint density at radius 3 is 2.43 bits per heavy atom. The summed E-state index contributed by atoms with van der Waals surface area (Å²) in [6.45, 7) is 12.1. The molecule has 0 bridgehead atoms. The summed E-state index contributed by atoms with van der Waals surface area (Å²) in [7, 11) is 0. The molecule has 14 heavy (non-hydrogen) atoms. The lowest BCUT2D eigenvalue weighted by atomic mass is 10.2. The number of rotatable bonds is 9. The molecule has 0 spiro atoms. The molecule has 3 heteroatoms. The van der Waals surface area contributed by atoms with Gasteiger partial charge in [-0.05, 0) is 12.3 Å². The van der Waals surface area contributed by atoms with E-state index in [9.17, 15) is 0 Å². The predicted octanol–water partition coefficient (Wildman–Crippen LogP) is 1.33. The van der Waals surface area contributed by atoms with Crippen LogP contribution in [0.1, 0.15) is 27.2 Å². The summed E-state index contributed by atoms with van der Waals surface area (Å²) in [5.74, 6) is 0.702. The van der Waals surface area contributed by atoms with Gasteiger partial charge in [-0.15, -0.1) is 0 Å². The first-order valence-corrected chi connectivity index (χ1v) is 5.70. The van der Waals surface area contributed by atoms with Crippen LogP contribution < -0.4 is 5.73 Å². The quantitative estimate of drug-likeness (QED) is 0.573. The minimum absolute atomic E-state index is 0.702. The zero-order valence-corrected chi connectivity index (χ0v) is 9.96. The molecule has 0 rings (SSSR count). The summed E-state index contributed by atoms with van der Waals surface area (Å²) in [5, 5.41) is 0. The molecule has 0 amide bonds. The summed E-state index contributed by atoms with van der Waals surface area (Å²) in [5.41, 5.74) is 5.55. The monoisotopic (exact) mass is 202 g/mol. The highest BCUT2D eigenvalue weighted by Crippen LogP contribution is 1.97. The van der Waals surface area contributed by atoms with E-state index in [0.29, 0.717) is 5.92 Å². The van der Waals surface area contributed by atoms with Gasteiger partial charge in [-0.25, -0.2) is 0 Å². The molecule has 0 aromatic rings. The summed E-state index contributed by atoms with van der Waals surface area (Å²) in [6.07, 6.45) is 1.10. The second kappa shape index (κ2) is 9.44. The third-order valence-electron chi connectivity index (χ3n) is 1.97. The van der Waals surface area contributed by atoms with E-state index in [4.69, 9.17) is 10.5 Å². The molecule has 0 radical (unpaired) electrons. The Labute approximate surface area is 88.6 Å². The van der Waals surface area contributed by atoms with Gasteiger partial charge in [0.15, 0.2) is 0 Å². The zero-order valence-electron chi connectivity index (χ0n) is 9.96. The SMILES string of the molecule is CCCOCCN(CCN)CC(C)C. The van der Waals surface area contributed by atoms with Crippen molar-refractivity contribution in [3.63, 3.8) is 0 Å². The molecule has 0 saturated carbocycles. The summed E-state index contributed by atoms with van der Waals surface area (Å²) in [6, 6.07) is 0. The van der Waals surface area contributed by atoms with Crippen LogP contribution in [0.4, 0.5) is 0 Å². The van der Waals surface area contributed by atoms with Gasteiger partial charge in [0.05, 0.1) is 6.61 Å². The van der Waals surface area contributed by atoms with Crippen molar-refractivity contribution in [3.05, 3.63) is 0 Å². The summed E-state index contributed by atoms with van der Waals surface area (Å²) in [4.78, 5) is 2.38. The molecule has 0 atom stereocenters. The van der Waals surface area contributed by atoms with E-state index in [0.717, 1.165) is 45.8 Å². The minimum Gasteiger partial charge on any atom is -0.380 e. The lowest BCUT2D eigenvalue weighted by molar-refractivity contribution is 0.101. The Morgan fingerprint density at radius 2 is 1.93 bits per heavy atom. The molecular weight excluding hydrogens is 176 g/mol. The highest BCUT2D eigenvalue weighted by atomic mass is 16.5. The number of hydrogen-bond acceptors (Lipinski definition) is 3. The van der Waals surface area contributed by atoms with Crippen LogP contribution in [0.5, 0.6) is 0 Å². The smallest absolute Gasteiger partial charge is 0.0593 e. The molecule has 0 aromatic carbocycles. The minimum atomic E-state index is 0.702. The van der Waals surface area contributed by atoms with Crippen LogP contribution in [-0.4, -0.2) is 44.3 Å². The van der Waals surface area contributed by atoms with Crippen molar-refractivity contribution < 1.29 is 4.74 Å². The number of ether oxygens (including phenoxy) is 1. The molecule has 0 aromatic heterocycles. The van der Waals surface area contributed by atoms with Gasteiger partial charge >= 0.3 is 0 Å². The van der Waals surface area contributed by atoms with E-state index in [1.807, 2.05) is 0 Å². The van der Waals surface area contributed by atoms with Crippen LogP contribution in [0.15, 0.2) is 0 Å². The second-order valence-corrected chi connectivity index (χ2v) is 4.10. The van der Waals surface area contributed by atoms with Gasteiger partial charge in [0.1, 0.15) is 0 Å². The maximum absolute atomic E-state index is 5.55.